The standard InChI is InChI=1S/C19H24N4O2S2/c1-3-13-21-27(24,25)18-11-9-17(10-12-18)15(2)22-23-19(26)20-14-16-7-5-4-6-8-16/h4-12,21H,3,13-14H2,1-2H3,(H2,20,23,26)/b22-15-. The Balaban J connectivity index is 1.92. The Bertz CT molecular complexity index is 880. The lowest BCUT2D eigenvalue weighted by molar-refractivity contribution is 0.581. The molecule has 0 bridgehead atoms. The Morgan fingerprint density at radius 3 is 2.37 bits per heavy atom. The van der Waals surface area contributed by atoms with Gasteiger partial charge in [-0.05, 0) is 48.8 Å². The van der Waals surface area contributed by atoms with E-state index in [0.29, 0.717) is 23.9 Å². The molecular weight excluding hydrogens is 380 g/mol. The average Bonchev–Trinajstić information content (AvgIpc) is 2.70. The first-order valence-corrected chi connectivity index (χ1v) is 10.5. The van der Waals surface area contributed by atoms with E-state index in [1.807, 2.05) is 44.2 Å². The van der Waals surface area contributed by atoms with Crippen LogP contribution in [0.15, 0.2) is 64.6 Å². The summed E-state index contributed by atoms with van der Waals surface area (Å²) in [4.78, 5) is 0.237. The summed E-state index contributed by atoms with van der Waals surface area (Å²) in [7, 11) is -3.46. The topological polar surface area (TPSA) is 82.6 Å². The van der Waals surface area contributed by atoms with Crippen molar-refractivity contribution in [3.8, 4) is 0 Å². The molecule has 0 spiro atoms. The normalized spacial score (nSPS) is 11.9. The van der Waals surface area contributed by atoms with Crippen LogP contribution in [0.1, 0.15) is 31.4 Å². The highest BCUT2D eigenvalue weighted by Gasteiger charge is 2.12. The summed E-state index contributed by atoms with van der Waals surface area (Å²) in [6, 6.07) is 16.5. The molecule has 27 heavy (non-hydrogen) atoms. The minimum absolute atomic E-state index is 0.237. The van der Waals surface area contributed by atoms with Gasteiger partial charge in [0.25, 0.3) is 0 Å². The lowest BCUT2D eigenvalue weighted by Crippen LogP contribution is -2.32. The molecule has 0 aliphatic carbocycles. The zero-order valence-electron chi connectivity index (χ0n) is 15.4. The highest BCUT2D eigenvalue weighted by Crippen LogP contribution is 2.11. The van der Waals surface area contributed by atoms with Crippen molar-refractivity contribution in [2.75, 3.05) is 6.54 Å². The van der Waals surface area contributed by atoms with E-state index in [1.54, 1.807) is 24.3 Å². The van der Waals surface area contributed by atoms with Crippen LogP contribution in [0.25, 0.3) is 0 Å². The van der Waals surface area contributed by atoms with Crippen LogP contribution in [0.4, 0.5) is 0 Å². The number of sulfonamides is 1. The van der Waals surface area contributed by atoms with E-state index in [4.69, 9.17) is 12.2 Å². The molecule has 0 heterocycles. The lowest BCUT2D eigenvalue weighted by atomic mass is 10.1. The zero-order chi connectivity index (χ0) is 19.7. The molecule has 2 aromatic rings. The van der Waals surface area contributed by atoms with E-state index in [1.165, 1.54) is 0 Å². The number of rotatable bonds is 8. The Morgan fingerprint density at radius 1 is 1.07 bits per heavy atom. The van der Waals surface area contributed by atoms with E-state index in [2.05, 4.69) is 20.6 Å². The summed E-state index contributed by atoms with van der Waals surface area (Å²) in [5.41, 5.74) is 5.43. The van der Waals surface area contributed by atoms with Crippen molar-refractivity contribution in [2.24, 2.45) is 5.10 Å². The number of hydrazone groups is 1. The van der Waals surface area contributed by atoms with Crippen LogP contribution in [0.2, 0.25) is 0 Å². The second-order valence-corrected chi connectivity index (χ2v) is 8.07. The molecule has 8 heteroatoms. The molecular formula is C19H24N4O2S2. The lowest BCUT2D eigenvalue weighted by Gasteiger charge is -2.09. The van der Waals surface area contributed by atoms with Crippen molar-refractivity contribution in [1.82, 2.24) is 15.5 Å². The minimum atomic E-state index is -3.46. The van der Waals surface area contributed by atoms with Crippen LogP contribution in [-0.2, 0) is 16.6 Å². The third-order valence-corrected chi connectivity index (χ3v) is 5.46. The third kappa shape index (κ3) is 6.74. The highest BCUT2D eigenvalue weighted by atomic mass is 32.2. The van der Waals surface area contributed by atoms with Crippen LogP contribution >= 0.6 is 12.2 Å². The molecule has 0 amide bonds. The predicted molar refractivity (Wildman–Crippen MR) is 113 cm³/mol. The molecule has 2 aromatic carbocycles. The predicted octanol–water partition coefficient (Wildman–Crippen LogP) is 2.76. The number of hydrogen-bond donors (Lipinski definition) is 3. The number of thiocarbonyl (C=S) groups is 1. The van der Waals surface area contributed by atoms with Crippen molar-refractivity contribution in [3.05, 3.63) is 65.7 Å². The summed E-state index contributed by atoms with van der Waals surface area (Å²) >= 11 is 5.21. The molecule has 144 valence electrons. The van der Waals surface area contributed by atoms with Gasteiger partial charge in [0.2, 0.25) is 10.0 Å². The van der Waals surface area contributed by atoms with E-state index in [-0.39, 0.29) is 4.90 Å². The van der Waals surface area contributed by atoms with Gasteiger partial charge in [-0.1, -0.05) is 49.4 Å². The molecule has 0 saturated carbocycles. The van der Waals surface area contributed by atoms with E-state index >= 15 is 0 Å². The molecule has 0 radical (unpaired) electrons. The summed E-state index contributed by atoms with van der Waals surface area (Å²) in [5.74, 6) is 0. The number of nitrogens with zero attached hydrogens (tertiary/aromatic N) is 1. The molecule has 3 N–H and O–H groups in total. The molecule has 6 nitrogen and oxygen atoms in total. The van der Waals surface area contributed by atoms with E-state index in [9.17, 15) is 8.42 Å². The maximum atomic E-state index is 12.1. The van der Waals surface area contributed by atoms with Gasteiger partial charge in [-0.15, -0.1) is 0 Å². The fourth-order valence-corrected chi connectivity index (χ4v) is 3.46. The van der Waals surface area contributed by atoms with Gasteiger partial charge in [0, 0.05) is 13.1 Å². The first-order chi connectivity index (χ1) is 12.9. The molecule has 0 aliphatic heterocycles. The fraction of sp³-hybridized carbons (Fsp3) is 0.263. The van der Waals surface area contributed by atoms with Gasteiger partial charge in [0.15, 0.2) is 5.11 Å². The second-order valence-electron chi connectivity index (χ2n) is 5.90. The Hall–Kier alpha value is -2.29. The number of nitrogens with one attached hydrogen (secondary N) is 3. The van der Waals surface area contributed by atoms with Gasteiger partial charge in [-0.3, -0.25) is 5.43 Å². The fourth-order valence-electron chi connectivity index (χ4n) is 2.21. The molecule has 2 rings (SSSR count). The quantitative estimate of drug-likeness (QED) is 0.358. The van der Waals surface area contributed by atoms with Crippen LogP contribution in [0.5, 0.6) is 0 Å². The van der Waals surface area contributed by atoms with Gasteiger partial charge in [0.05, 0.1) is 10.6 Å². The third-order valence-electron chi connectivity index (χ3n) is 3.75. The maximum absolute atomic E-state index is 12.1. The first kappa shape index (κ1) is 21.0. The minimum Gasteiger partial charge on any atom is -0.357 e. The van der Waals surface area contributed by atoms with Gasteiger partial charge < -0.3 is 5.32 Å². The average molecular weight is 405 g/mol. The largest absolute Gasteiger partial charge is 0.357 e. The zero-order valence-corrected chi connectivity index (χ0v) is 17.0. The van der Waals surface area contributed by atoms with Gasteiger partial charge >= 0.3 is 0 Å². The monoisotopic (exact) mass is 404 g/mol. The van der Waals surface area contributed by atoms with Crippen LogP contribution in [0.3, 0.4) is 0 Å². The summed E-state index contributed by atoms with van der Waals surface area (Å²) in [5, 5.41) is 7.74. The number of hydrogen-bond acceptors (Lipinski definition) is 4. The Morgan fingerprint density at radius 2 is 1.74 bits per heavy atom. The van der Waals surface area contributed by atoms with Crippen molar-refractivity contribution >= 4 is 33.1 Å². The second kappa shape index (κ2) is 10.1. The summed E-state index contributed by atoms with van der Waals surface area (Å²) < 4.78 is 26.7. The van der Waals surface area contributed by atoms with E-state index in [0.717, 1.165) is 17.5 Å². The number of benzene rings is 2. The molecule has 0 atom stereocenters. The van der Waals surface area contributed by atoms with Gasteiger partial charge in [-0.2, -0.15) is 5.10 Å². The summed E-state index contributed by atoms with van der Waals surface area (Å²) in [6.07, 6.45) is 0.743. The van der Waals surface area contributed by atoms with Crippen molar-refractivity contribution in [2.45, 2.75) is 31.7 Å². The van der Waals surface area contributed by atoms with Crippen LogP contribution in [0, 0.1) is 0 Å². The molecule has 0 aliphatic rings. The first-order valence-electron chi connectivity index (χ1n) is 8.64. The SMILES string of the molecule is CCCNS(=O)(=O)c1ccc(/C(C)=N\NC(=S)NCc2ccccc2)cc1. The Kier molecular flexibility index (Phi) is 7.90. The van der Waals surface area contributed by atoms with Crippen molar-refractivity contribution < 1.29 is 8.42 Å². The molecule has 0 saturated heterocycles. The molecule has 0 fully saturated rings. The molecule has 0 aromatic heterocycles. The van der Waals surface area contributed by atoms with Crippen LogP contribution < -0.4 is 15.5 Å². The molecule has 0 unspecified atom stereocenters. The van der Waals surface area contributed by atoms with Crippen LogP contribution in [-0.4, -0.2) is 25.8 Å². The Labute approximate surface area is 166 Å². The van der Waals surface area contributed by atoms with Crippen molar-refractivity contribution in [3.63, 3.8) is 0 Å². The smallest absolute Gasteiger partial charge is 0.240 e. The summed E-state index contributed by atoms with van der Waals surface area (Å²) in [6.45, 7) is 4.77. The highest BCUT2D eigenvalue weighted by molar-refractivity contribution is 7.89. The van der Waals surface area contributed by atoms with Gasteiger partial charge in [-0.25, -0.2) is 13.1 Å². The maximum Gasteiger partial charge on any atom is 0.240 e. The van der Waals surface area contributed by atoms with E-state index < -0.39 is 10.0 Å². The van der Waals surface area contributed by atoms with Crippen molar-refractivity contribution in [1.29, 1.82) is 0 Å². The van der Waals surface area contributed by atoms with Gasteiger partial charge in [0.1, 0.15) is 0 Å².